The van der Waals surface area contributed by atoms with Crippen LogP contribution in [0.4, 0.5) is 17.1 Å². The third-order valence-corrected chi connectivity index (χ3v) is 9.00. The molecule has 0 saturated carbocycles. The van der Waals surface area contributed by atoms with E-state index in [0.717, 1.165) is 18.4 Å². The monoisotopic (exact) mass is 611 g/mol. The molecule has 3 amide bonds. The lowest BCUT2D eigenvalue weighted by atomic mass is 9.83. The molecule has 1 fully saturated rings. The fraction of sp³-hybridized carbons (Fsp3) is 0.343. The fourth-order valence-electron chi connectivity index (χ4n) is 6.51. The summed E-state index contributed by atoms with van der Waals surface area (Å²) in [7, 11) is 1.53. The number of nitrogens with zero attached hydrogens (tertiary/aromatic N) is 3. The third-order valence-electron chi connectivity index (χ3n) is 9.00. The number of fused-ring (bicyclic) bond motifs is 2. The van der Waals surface area contributed by atoms with Crippen LogP contribution in [0.2, 0.25) is 0 Å². The van der Waals surface area contributed by atoms with Crippen LogP contribution in [0.15, 0.2) is 78.9 Å². The van der Waals surface area contributed by atoms with E-state index in [-0.39, 0.29) is 44.0 Å². The maximum atomic E-state index is 14.0. The molecule has 0 spiro atoms. The Morgan fingerprint density at radius 1 is 1.11 bits per heavy atom. The fourth-order valence-corrected chi connectivity index (χ4v) is 6.51. The summed E-state index contributed by atoms with van der Waals surface area (Å²) in [5, 5.41) is 21.6. The van der Waals surface area contributed by atoms with Crippen molar-refractivity contribution in [1.29, 1.82) is 0 Å². The van der Waals surface area contributed by atoms with Crippen molar-refractivity contribution < 1.29 is 34.1 Å². The lowest BCUT2D eigenvalue weighted by molar-refractivity contribution is -0.139. The van der Waals surface area contributed by atoms with Crippen LogP contribution in [-0.2, 0) is 26.5 Å². The second kappa shape index (κ2) is 12.4. The first-order valence-electron chi connectivity index (χ1n) is 15.2. The summed E-state index contributed by atoms with van der Waals surface area (Å²) < 4.78 is 11.0. The Morgan fingerprint density at radius 3 is 2.64 bits per heavy atom. The number of aliphatic hydroxyl groups excluding tert-OH is 1. The maximum absolute atomic E-state index is 14.0. The van der Waals surface area contributed by atoms with Gasteiger partial charge >= 0.3 is 0 Å². The number of benzene rings is 3. The van der Waals surface area contributed by atoms with E-state index < -0.39 is 17.4 Å². The van der Waals surface area contributed by atoms with Crippen LogP contribution >= 0.6 is 0 Å². The summed E-state index contributed by atoms with van der Waals surface area (Å²) in [6.07, 6.45) is 5.16. The van der Waals surface area contributed by atoms with Crippen LogP contribution in [0.25, 0.3) is 0 Å². The molecule has 3 aromatic rings. The molecule has 0 bridgehead atoms. The molecule has 10 nitrogen and oxygen atoms in total. The van der Waals surface area contributed by atoms with Crippen molar-refractivity contribution in [3.05, 3.63) is 90.0 Å². The smallest absolute Gasteiger partial charge is 0.269 e. The molecular formula is C35H37N3O7. The number of rotatable bonds is 9. The van der Waals surface area contributed by atoms with Crippen molar-refractivity contribution in [2.75, 3.05) is 36.7 Å². The predicted molar refractivity (Wildman–Crippen MR) is 168 cm³/mol. The normalized spacial score (nSPS) is 21.6. The summed E-state index contributed by atoms with van der Waals surface area (Å²) in [6, 6.07) is 19.8. The van der Waals surface area contributed by atoms with Crippen LogP contribution in [0.1, 0.15) is 37.3 Å². The summed E-state index contributed by atoms with van der Waals surface area (Å²) in [6.45, 7) is 2.46. The Morgan fingerprint density at radius 2 is 1.89 bits per heavy atom. The molecule has 6 rings (SSSR count). The average molecular weight is 612 g/mol. The molecule has 1 saturated heterocycles. The lowest BCUT2D eigenvalue weighted by Crippen LogP contribution is -2.44. The molecular weight excluding hydrogens is 574 g/mol. The van der Waals surface area contributed by atoms with E-state index in [4.69, 9.17) is 9.47 Å². The molecule has 10 heteroatoms. The predicted octanol–water partition coefficient (Wildman–Crippen LogP) is 4.05. The van der Waals surface area contributed by atoms with Gasteiger partial charge in [0.25, 0.3) is 11.8 Å². The zero-order valence-corrected chi connectivity index (χ0v) is 25.4. The van der Waals surface area contributed by atoms with Crippen molar-refractivity contribution in [2.24, 2.45) is 5.92 Å². The van der Waals surface area contributed by atoms with Gasteiger partial charge in [-0.3, -0.25) is 19.3 Å². The van der Waals surface area contributed by atoms with E-state index in [1.165, 1.54) is 7.11 Å². The highest BCUT2D eigenvalue weighted by atomic mass is 16.5. The highest BCUT2D eigenvalue weighted by Crippen LogP contribution is 2.47. The van der Waals surface area contributed by atoms with Gasteiger partial charge in [-0.2, -0.15) is 0 Å². The van der Waals surface area contributed by atoms with Gasteiger partial charge in [0.1, 0.15) is 11.5 Å². The van der Waals surface area contributed by atoms with Gasteiger partial charge in [0.15, 0.2) is 12.2 Å². The van der Waals surface area contributed by atoms with Gasteiger partial charge in [-0.1, -0.05) is 43.3 Å². The molecule has 3 aliphatic rings. The first kappa shape index (κ1) is 30.4. The number of carbonyl (C=O) groups is 3. The van der Waals surface area contributed by atoms with Crippen LogP contribution in [-0.4, -0.2) is 65.7 Å². The SMILES string of the molecule is COc1ccc2c(c1)[C@](O)([C@@H](C)/C=C/CC(=O)N1CCC[C@H]1CO)C(=O)N2Cc1ccc(N2C(=O)COc3ccccc32)cc1. The molecule has 0 aliphatic carbocycles. The van der Waals surface area contributed by atoms with Gasteiger partial charge in [0.2, 0.25) is 5.91 Å². The molecule has 3 atom stereocenters. The molecule has 45 heavy (non-hydrogen) atoms. The van der Waals surface area contributed by atoms with Crippen molar-refractivity contribution in [1.82, 2.24) is 4.90 Å². The van der Waals surface area contributed by atoms with E-state index in [1.807, 2.05) is 48.5 Å². The number of hydrogen-bond donors (Lipinski definition) is 2. The number of hydrogen-bond acceptors (Lipinski definition) is 7. The Labute approximate surface area is 262 Å². The number of anilines is 3. The molecule has 0 aromatic heterocycles. The van der Waals surface area contributed by atoms with Gasteiger partial charge in [0, 0.05) is 30.1 Å². The van der Waals surface area contributed by atoms with Crippen molar-refractivity contribution in [2.45, 2.75) is 44.4 Å². The largest absolute Gasteiger partial charge is 0.497 e. The molecule has 0 radical (unpaired) electrons. The first-order chi connectivity index (χ1) is 21.8. The van der Waals surface area contributed by atoms with E-state index in [9.17, 15) is 24.6 Å². The second-order valence-corrected chi connectivity index (χ2v) is 11.7. The quantitative estimate of drug-likeness (QED) is 0.351. The summed E-state index contributed by atoms with van der Waals surface area (Å²) >= 11 is 0. The van der Waals surface area contributed by atoms with Gasteiger partial charge < -0.3 is 29.5 Å². The highest BCUT2D eigenvalue weighted by Gasteiger charge is 2.52. The maximum Gasteiger partial charge on any atom is 0.269 e. The van der Waals surface area contributed by atoms with Crippen molar-refractivity contribution in [3.63, 3.8) is 0 Å². The van der Waals surface area contributed by atoms with E-state index in [1.54, 1.807) is 52.0 Å². The minimum Gasteiger partial charge on any atom is -0.497 e. The zero-order chi connectivity index (χ0) is 31.7. The minimum atomic E-state index is -1.88. The standard InChI is InChI=1S/C35H37N3O7/c1-23(7-5-11-32(40)36-18-6-8-26(36)21-39)35(43)28-19-27(44-2)16-17-29(28)37(34(35)42)20-24-12-14-25(15-13-24)38-30-9-3-4-10-31(30)45-22-33(38)41/h3-5,7,9-10,12-17,19,23,26,39,43H,6,8,11,18,20-22H2,1-2H3/b7-5+/t23-,26-,35+/m0/s1. The zero-order valence-electron chi connectivity index (χ0n) is 25.4. The Hall–Kier alpha value is -4.67. The number of carbonyl (C=O) groups excluding carboxylic acids is 3. The molecule has 3 aliphatic heterocycles. The molecule has 3 aromatic carbocycles. The summed E-state index contributed by atoms with van der Waals surface area (Å²) in [5.74, 6) is -0.257. The van der Waals surface area contributed by atoms with Crippen LogP contribution in [0, 0.1) is 5.92 Å². The van der Waals surface area contributed by atoms with E-state index in [0.29, 0.717) is 40.7 Å². The number of aliphatic hydroxyl groups is 2. The molecule has 234 valence electrons. The van der Waals surface area contributed by atoms with E-state index in [2.05, 4.69) is 0 Å². The third kappa shape index (κ3) is 5.44. The number of likely N-dealkylation sites (tertiary alicyclic amines) is 1. The summed E-state index contributed by atoms with van der Waals surface area (Å²) in [4.78, 5) is 44.5. The van der Waals surface area contributed by atoms with Crippen LogP contribution < -0.4 is 19.3 Å². The van der Waals surface area contributed by atoms with Crippen LogP contribution in [0.3, 0.4) is 0 Å². The molecule has 2 N–H and O–H groups in total. The Bertz CT molecular complexity index is 1640. The highest BCUT2D eigenvalue weighted by molar-refractivity contribution is 6.07. The van der Waals surface area contributed by atoms with Gasteiger partial charge in [0.05, 0.1) is 37.7 Å². The number of amides is 3. The van der Waals surface area contributed by atoms with Crippen molar-refractivity contribution >= 4 is 34.8 Å². The van der Waals surface area contributed by atoms with E-state index >= 15 is 0 Å². The first-order valence-corrected chi connectivity index (χ1v) is 15.2. The molecule has 0 unspecified atom stereocenters. The molecule has 3 heterocycles. The van der Waals surface area contributed by atoms with Crippen LogP contribution in [0.5, 0.6) is 11.5 Å². The Balaban J connectivity index is 1.23. The van der Waals surface area contributed by atoms with Gasteiger partial charge in [-0.05, 0) is 60.9 Å². The second-order valence-electron chi connectivity index (χ2n) is 11.7. The minimum absolute atomic E-state index is 0.0535. The number of ether oxygens (including phenoxy) is 2. The van der Waals surface area contributed by atoms with Gasteiger partial charge in [-0.15, -0.1) is 0 Å². The number of methoxy groups -OCH3 is 1. The topological polar surface area (TPSA) is 120 Å². The van der Waals surface area contributed by atoms with Gasteiger partial charge in [-0.25, -0.2) is 0 Å². The lowest BCUT2D eigenvalue weighted by Gasteiger charge is -2.29. The Kier molecular flexibility index (Phi) is 8.35. The number of para-hydroxylation sites is 2. The van der Waals surface area contributed by atoms with Crippen molar-refractivity contribution in [3.8, 4) is 11.5 Å². The summed E-state index contributed by atoms with van der Waals surface area (Å²) in [5.41, 5.74) is 1.29. The average Bonchev–Trinajstić information content (AvgIpc) is 3.63.